The molecule has 6 heteroatoms. The van der Waals surface area contributed by atoms with Gasteiger partial charge in [0.2, 0.25) is 0 Å². The van der Waals surface area contributed by atoms with Crippen LogP contribution in [0.2, 0.25) is 0 Å². The van der Waals surface area contributed by atoms with Crippen molar-refractivity contribution in [3.63, 3.8) is 0 Å². The molecule has 0 aliphatic rings. The number of amides is 1. The Kier molecular flexibility index (Phi) is 3.84. The number of hydrogen-bond donors (Lipinski definition) is 1. The number of aromatic nitrogens is 2. The Bertz CT molecular complexity index is 1030. The molecule has 24 heavy (non-hydrogen) atoms. The van der Waals surface area contributed by atoms with Gasteiger partial charge < -0.3 is 0 Å². The first-order chi connectivity index (χ1) is 11.7. The molecule has 1 amide bonds. The van der Waals surface area contributed by atoms with Crippen molar-refractivity contribution in [3.05, 3.63) is 64.5 Å². The maximum absolute atomic E-state index is 12.6. The number of thiazole rings is 1. The van der Waals surface area contributed by atoms with Crippen LogP contribution in [0.1, 0.15) is 15.2 Å². The average Bonchev–Trinajstić information content (AvgIpc) is 3.23. The van der Waals surface area contributed by atoms with Crippen LogP contribution in [0.3, 0.4) is 0 Å². The second-order valence-corrected chi connectivity index (χ2v) is 7.42. The van der Waals surface area contributed by atoms with E-state index in [4.69, 9.17) is 0 Å². The number of rotatable bonds is 3. The number of anilines is 1. The third-order valence-corrected chi connectivity index (χ3v) is 5.39. The standard InChI is InChI=1S/C18H13N3OS2/c1-11-6-7-16(24-11)15-10-23-18(20-15)21-17(22)13-8-9-19-14-5-3-2-4-12(13)14/h2-10H,1H3,(H,20,21,22). The lowest BCUT2D eigenvalue weighted by molar-refractivity contribution is 0.102. The van der Waals surface area contributed by atoms with Gasteiger partial charge in [0, 0.05) is 21.8 Å². The second-order valence-electron chi connectivity index (χ2n) is 5.28. The van der Waals surface area contributed by atoms with Gasteiger partial charge in [0.05, 0.1) is 21.7 Å². The molecular weight excluding hydrogens is 338 g/mol. The maximum Gasteiger partial charge on any atom is 0.258 e. The molecule has 0 aliphatic carbocycles. The number of thiophene rings is 1. The molecule has 0 bridgehead atoms. The van der Waals surface area contributed by atoms with Gasteiger partial charge in [-0.1, -0.05) is 18.2 Å². The number of nitrogens with one attached hydrogen (secondary N) is 1. The van der Waals surface area contributed by atoms with E-state index in [9.17, 15) is 4.79 Å². The van der Waals surface area contributed by atoms with Gasteiger partial charge in [0.15, 0.2) is 5.13 Å². The van der Waals surface area contributed by atoms with Crippen molar-refractivity contribution >= 4 is 44.6 Å². The summed E-state index contributed by atoms with van der Waals surface area (Å²) in [6.07, 6.45) is 1.65. The quantitative estimate of drug-likeness (QED) is 0.566. The summed E-state index contributed by atoms with van der Waals surface area (Å²) in [6, 6.07) is 13.5. The monoisotopic (exact) mass is 351 g/mol. The van der Waals surface area contributed by atoms with Gasteiger partial charge in [-0.3, -0.25) is 15.1 Å². The van der Waals surface area contributed by atoms with Crippen molar-refractivity contribution < 1.29 is 4.79 Å². The Hall–Kier alpha value is -2.57. The molecule has 0 radical (unpaired) electrons. The minimum atomic E-state index is -0.170. The zero-order chi connectivity index (χ0) is 16.5. The molecule has 4 nitrogen and oxygen atoms in total. The van der Waals surface area contributed by atoms with Crippen molar-refractivity contribution in [1.29, 1.82) is 0 Å². The fourth-order valence-electron chi connectivity index (χ4n) is 2.47. The van der Waals surface area contributed by atoms with E-state index in [0.29, 0.717) is 10.7 Å². The summed E-state index contributed by atoms with van der Waals surface area (Å²) < 4.78 is 0. The van der Waals surface area contributed by atoms with Crippen LogP contribution in [0.4, 0.5) is 5.13 Å². The molecule has 0 spiro atoms. The summed E-state index contributed by atoms with van der Waals surface area (Å²) in [6.45, 7) is 2.07. The van der Waals surface area contributed by atoms with E-state index in [1.807, 2.05) is 29.6 Å². The molecule has 0 atom stereocenters. The van der Waals surface area contributed by atoms with Crippen LogP contribution in [0.5, 0.6) is 0 Å². The molecule has 0 saturated heterocycles. The lowest BCUT2D eigenvalue weighted by Gasteiger charge is -2.05. The minimum Gasteiger partial charge on any atom is -0.298 e. The van der Waals surface area contributed by atoms with E-state index in [1.165, 1.54) is 16.2 Å². The number of aryl methyl sites for hydroxylation is 1. The summed E-state index contributed by atoms with van der Waals surface area (Å²) in [4.78, 5) is 23.8. The van der Waals surface area contributed by atoms with Crippen molar-refractivity contribution in [3.8, 4) is 10.6 Å². The van der Waals surface area contributed by atoms with E-state index in [1.54, 1.807) is 23.6 Å². The first kappa shape index (κ1) is 15.0. The number of carbonyl (C=O) groups is 1. The molecule has 0 fully saturated rings. The smallest absolute Gasteiger partial charge is 0.258 e. The fourth-order valence-corrected chi connectivity index (χ4v) is 4.08. The molecule has 3 aromatic heterocycles. The highest BCUT2D eigenvalue weighted by Gasteiger charge is 2.13. The molecule has 4 aromatic rings. The molecule has 0 aliphatic heterocycles. The third-order valence-electron chi connectivity index (χ3n) is 3.61. The van der Waals surface area contributed by atoms with E-state index < -0.39 is 0 Å². The lowest BCUT2D eigenvalue weighted by atomic mass is 10.1. The van der Waals surface area contributed by atoms with Crippen molar-refractivity contribution in [2.75, 3.05) is 5.32 Å². The zero-order valence-corrected chi connectivity index (χ0v) is 14.4. The highest BCUT2D eigenvalue weighted by Crippen LogP contribution is 2.30. The van der Waals surface area contributed by atoms with Gasteiger partial charge in [-0.25, -0.2) is 4.98 Å². The van der Waals surface area contributed by atoms with Gasteiger partial charge in [-0.05, 0) is 31.2 Å². The Morgan fingerprint density at radius 1 is 1.12 bits per heavy atom. The van der Waals surface area contributed by atoms with Crippen LogP contribution in [0, 0.1) is 6.92 Å². The van der Waals surface area contributed by atoms with Crippen LogP contribution < -0.4 is 5.32 Å². The van der Waals surface area contributed by atoms with Gasteiger partial charge in [0.25, 0.3) is 5.91 Å². The second kappa shape index (κ2) is 6.14. The molecule has 1 aromatic carbocycles. The van der Waals surface area contributed by atoms with E-state index in [0.717, 1.165) is 21.5 Å². The summed E-state index contributed by atoms with van der Waals surface area (Å²) >= 11 is 3.12. The number of fused-ring (bicyclic) bond motifs is 1. The molecule has 0 unspecified atom stereocenters. The number of para-hydroxylation sites is 1. The highest BCUT2D eigenvalue weighted by atomic mass is 32.1. The first-order valence-corrected chi connectivity index (χ1v) is 9.08. The Morgan fingerprint density at radius 3 is 2.83 bits per heavy atom. The highest BCUT2D eigenvalue weighted by molar-refractivity contribution is 7.17. The van der Waals surface area contributed by atoms with E-state index in [-0.39, 0.29) is 5.91 Å². The van der Waals surface area contributed by atoms with Gasteiger partial charge >= 0.3 is 0 Å². The summed E-state index contributed by atoms with van der Waals surface area (Å²) in [5.74, 6) is -0.170. The number of nitrogens with zero attached hydrogens (tertiary/aromatic N) is 2. The molecule has 118 valence electrons. The lowest BCUT2D eigenvalue weighted by Crippen LogP contribution is -2.12. The van der Waals surface area contributed by atoms with Crippen LogP contribution in [-0.2, 0) is 0 Å². The van der Waals surface area contributed by atoms with Crippen molar-refractivity contribution in [2.24, 2.45) is 0 Å². The van der Waals surface area contributed by atoms with Crippen molar-refractivity contribution in [2.45, 2.75) is 6.92 Å². The minimum absolute atomic E-state index is 0.170. The van der Waals surface area contributed by atoms with Crippen LogP contribution in [-0.4, -0.2) is 15.9 Å². The SMILES string of the molecule is Cc1ccc(-c2csc(NC(=O)c3ccnc4ccccc34)n2)s1. The number of benzene rings is 1. The summed E-state index contributed by atoms with van der Waals surface area (Å²) in [5, 5.41) is 6.29. The zero-order valence-electron chi connectivity index (χ0n) is 12.8. The summed E-state index contributed by atoms with van der Waals surface area (Å²) in [7, 11) is 0. The molecule has 4 rings (SSSR count). The van der Waals surface area contributed by atoms with Gasteiger partial charge in [0.1, 0.15) is 0 Å². The molecular formula is C18H13N3OS2. The van der Waals surface area contributed by atoms with Gasteiger partial charge in [-0.2, -0.15) is 0 Å². The normalized spacial score (nSPS) is 10.9. The fraction of sp³-hybridized carbons (Fsp3) is 0.0556. The Labute approximate surface area is 146 Å². The van der Waals surface area contributed by atoms with Gasteiger partial charge in [-0.15, -0.1) is 22.7 Å². The van der Waals surface area contributed by atoms with Crippen molar-refractivity contribution in [1.82, 2.24) is 9.97 Å². The molecule has 0 saturated carbocycles. The summed E-state index contributed by atoms with van der Waals surface area (Å²) in [5.41, 5.74) is 2.30. The topological polar surface area (TPSA) is 54.9 Å². The number of hydrogen-bond acceptors (Lipinski definition) is 5. The average molecular weight is 351 g/mol. The molecule has 1 N–H and O–H groups in total. The van der Waals surface area contributed by atoms with Crippen LogP contribution in [0.15, 0.2) is 54.0 Å². The number of pyridine rings is 1. The predicted octanol–water partition coefficient (Wildman–Crippen LogP) is 4.98. The largest absolute Gasteiger partial charge is 0.298 e. The maximum atomic E-state index is 12.6. The molecule has 3 heterocycles. The Balaban J connectivity index is 1.61. The van der Waals surface area contributed by atoms with Crippen LogP contribution >= 0.6 is 22.7 Å². The predicted molar refractivity (Wildman–Crippen MR) is 99.9 cm³/mol. The first-order valence-electron chi connectivity index (χ1n) is 7.38. The van der Waals surface area contributed by atoms with Crippen LogP contribution in [0.25, 0.3) is 21.5 Å². The third kappa shape index (κ3) is 2.81. The van der Waals surface area contributed by atoms with E-state index in [2.05, 4.69) is 34.3 Å². The van der Waals surface area contributed by atoms with E-state index >= 15 is 0 Å². The number of carbonyl (C=O) groups excluding carboxylic acids is 1. The Morgan fingerprint density at radius 2 is 2.00 bits per heavy atom.